The Morgan fingerprint density at radius 1 is 1.24 bits per heavy atom. The summed E-state index contributed by atoms with van der Waals surface area (Å²) >= 11 is 0. The third kappa shape index (κ3) is 5.39. The molecule has 6 heteroatoms. The van der Waals surface area contributed by atoms with E-state index in [0.717, 1.165) is 25.7 Å². The minimum Gasteiger partial charge on any atom is -0.356 e. The molecule has 17 heavy (non-hydrogen) atoms. The summed E-state index contributed by atoms with van der Waals surface area (Å²) < 4.78 is 35.8. The molecular weight excluding hydrogens is 233 g/mol. The van der Waals surface area contributed by atoms with Crippen LogP contribution < -0.4 is 11.1 Å². The van der Waals surface area contributed by atoms with Crippen molar-refractivity contribution in [3.63, 3.8) is 0 Å². The first kappa shape index (κ1) is 14.3. The van der Waals surface area contributed by atoms with Crippen LogP contribution in [0.3, 0.4) is 0 Å². The number of hydrogen-bond donors (Lipinski definition) is 2. The molecule has 0 heterocycles. The van der Waals surface area contributed by atoms with E-state index in [2.05, 4.69) is 5.32 Å². The molecule has 1 rings (SSSR count). The molecule has 3 N–H and O–H groups in total. The van der Waals surface area contributed by atoms with E-state index < -0.39 is 18.5 Å². The number of carbonyl (C=O) groups excluding carboxylic acids is 1. The van der Waals surface area contributed by atoms with E-state index in [9.17, 15) is 18.0 Å². The summed E-state index contributed by atoms with van der Waals surface area (Å²) in [5.74, 6) is -0.389. The highest BCUT2D eigenvalue weighted by Gasteiger charge is 2.32. The lowest BCUT2D eigenvalue weighted by atomic mass is 9.79. The summed E-state index contributed by atoms with van der Waals surface area (Å²) in [5.41, 5.74) is 5.61. The van der Waals surface area contributed by atoms with Gasteiger partial charge >= 0.3 is 6.18 Å². The van der Waals surface area contributed by atoms with Crippen molar-refractivity contribution < 1.29 is 18.0 Å². The molecule has 0 bridgehead atoms. The van der Waals surface area contributed by atoms with Gasteiger partial charge in [0.2, 0.25) is 5.91 Å². The molecule has 100 valence electrons. The molecule has 3 nitrogen and oxygen atoms in total. The number of amides is 1. The molecule has 2 unspecified atom stereocenters. The minimum absolute atomic E-state index is 0.228. The number of nitrogens with two attached hydrogens (primary N) is 1. The second kappa shape index (κ2) is 6.23. The Labute approximate surface area is 98.9 Å². The van der Waals surface area contributed by atoms with Gasteiger partial charge in [-0.1, -0.05) is 12.8 Å². The van der Waals surface area contributed by atoms with E-state index in [1.807, 2.05) is 0 Å². The van der Waals surface area contributed by atoms with Crippen molar-refractivity contribution in [3.05, 3.63) is 0 Å². The topological polar surface area (TPSA) is 55.1 Å². The first-order valence-corrected chi connectivity index (χ1v) is 5.96. The normalized spacial score (nSPS) is 25.6. The van der Waals surface area contributed by atoms with E-state index in [1.54, 1.807) is 0 Å². The zero-order valence-corrected chi connectivity index (χ0v) is 9.72. The highest BCUT2D eigenvalue weighted by atomic mass is 19.4. The standard InChI is InChI=1S/C11H19F3N2O/c12-11(13,14)5-10(17)16-7-9-4-2-1-3-8(9)6-15/h8-9H,1-7,15H2,(H,16,17). The van der Waals surface area contributed by atoms with Crippen LogP contribution in [-0.4, -0.2) is 25.2 Å². The molecule has 0 aliphatic heterocycles. The Morgan fingerprint density at radius 2 is 1.82 bits per heavy atom. The van der Waals surface area contributed by atoms with Gasteiger partial charge in [0.15, 0.2) is 0 Å². The molecule has 0 spiro atoms. The molecule has 0 aromatic carbocycles. The fourth-order valence-corrected chi connectivity index (χ4v) is 2.35. The highest BCUT2D eigenvalue weighted by molar-refractivity contribution is 5.76. The van der Waals surface area contributed by atoms with Gasteiger partial charge in [-0.25, -0.2) is 0 Å². The van der Waals surface area contributed by atoms with Crippen LogP contribution in [0.15, 0.2) is 0 Å². The first-order chi connectivity index (χ1) is 7.92. The molecule has 1 aliphatic carbocycles. The van der Waals surface area contributed by atoms with Crippen molar-refractivity contribution in [3.8, 4) is 0 Å². The van der Waals surface area contributed by atoms with Gasteiger partial charge in [-0.2, -0.15) is 13.2 Å². The van der Waals surface area contributed by atoms with Crippen LogP contribution >= 0.6 is 0 Å². The number of alkyl halides is 3. The third-order valence-electron chi connectivity index (χ3n) is 3.29. The van der Waals surface area contributed by atoms with E-state index >= 15 is 0 Å². The lowest BCUT2D eigenvalue weighted by Crippen LogP contribution is -2.38. The summed E-state index contributed by atoms with van der Waals surface area (Å²) in [4.78, 5) is 11.0. The van der Waals surface area contributed by atoms with Crippen molar-refractivity contribution in [2.24, 2.45) is 17.6 Å². The highest BCUT2D eigenvalue weighted by Crippen LogP contribution is 2.28. The van der Waals surface area contributed by atoms with Crippen molar-refractivity contribution in [1.29, 1.82) is 0 Å². The fourth-order valence-electron chi connectivity index (χ4n) is 2.35. The zero-order chi connectivity index (χ0) is 12.9. The van der Waals surface area contributed by atoms with Gasteiger partial charge in [-0.15, -0.1) is 0 Å². The van der Waals surface area contributed by atoms with E-state index in [0.29, 0.717) is 19.0 Å². The van der Waals surface area contributed by atoms with Gasteiger partial charge in [0.25, 0.3) is 0 Å². The van der Waals surface area contributed by atoms with Gasteiger partial charge in [-0.05, 0) is 31.2 Å². The van der Waals surface area contributed by atoms with Crippen molar-refractivity contribution >= 4 is 5.91 Å². The molecular formula is C11H19F3N2O. The van der Waals surface area contributed by atoms with Gasteiger partial charge in [0, 0.05) is 6.54 Å². The Bertz CT molecular complexity index is 256. The van der Waals surface area contributed by atoms with Crippen LogP contribution in [-0.2, 0) is 4.79 Å². The Kier molecular flexibility index (Phi) is 5.24. The smallest absolute Gasteiger partial charge is 0.356 e. The molecule has 0 aromatic rings. The van der Waals surface area contributed by atoms with Crippen LogP contribution in [0.1, 0.15) is 32.1 Å². The summed E-state index contributed by atoms with van der Waals surface area (Å²) in [6.45, 7) is 0.858. The number of carbonyl (C=O) groups is 1. The molecule has 0 radical (unpaired) electrons. The minimum atomic E-state index is -4.43. The first-order valence-electron chi connectivity index (χ1n) is 5.96. The van der Waals surface area contributed by atoms with E-state index in [-0.39, 0.29) is 5.92 Å². The number of rotatable bonds is 4. The lowest BCUT2D eigenvalue weighted by molar-refractivity contribution is -0.153. The van der Waals surface area contributed by atoms with Crippen molar-refractivity contribution in [2.45, 2.75) is 38.3 Å². The third-order valence-corrected chi connectivity index (χ3v) is 3.29. The molecule has 0 saturated heterocycles. The van der Waals surface area contributed by atoms with Crippen molar-refractivity contribution in [2.75, 3.05) is 13.1 Å². The van der Waals surface area contributed by atoms with Crippen LogP contribution in [0.25, 0.3) is 0 Å². The van der Waals surface area contributed by atoms with Crippen molar-refractivity contribution in [1.82, 2.24) is 5.32 Å². The van der Waals surface area contributed by atoms with Crippen LogP contribution in [0.2, 0.25) is 0 Å². The zero-order valence-electron chi connectivity index (χ0n) is 9.72. The fraction of sp³-hybridized carbons (Fsp3) is 0.909. The Balaban J connectivity index is 2.31. The van der Waals surface area contributed by atoms with Gasteiger partial charge < -0.3 is 11.1 Å². The van der Waals surface area contributed by atoms with Crippen LogP contribution in [0.4, 0.5) is 13.2 Å². The molecule has 1 fully saturated rings. The van der Waals surface area contributed by atoms with Crippen LogP contribution in [0.5, 0.6) is 0 Å². The summed E-state index contributed by atoms with van der Waals surface area (Å²) in [7, 11) is 0. The SMILES string of the molecule is NCC1CCCCC1CNC(=O)CC(F)(F)F. The Hall–Kier alpha value is -0.780. The summed E-state index contributed by atoms with van der Waals surface area (Å²) in [5, 5.41) is 2.36. The maximum Gasteiger partial charge on any atom is 0.397 e. The Morgan fingerprint density at radius 3 is 2.35 bits per heavy atom. The quantitative estimate of drug-likeness (QED) is 0.802. The molecule has 0 aromatic heterocycles. The second-order valence-electron chi connectivity index (χ2n) is 4.64. The van der Waals surface area contributed by atoms with Gasteiger partial charge in [-0.3, -0.25) is 4.79 Å². The monoisotopic (exact) mass is 252 g/mol. The van der Waals surface area contributed by atoms with E-state index in [4.69, 9.17) is 5.73 Å². The van der Waals surface area contributed by atoms with E-state index in [1.165, 1.54) is 0 Å². The second-order valence-corrected chi connectivity index (χ2v) is 4.64. The van der Waals surface area contributed by atoms with Crippen LogP contribution in [0, 0.1) is 11.8 Å². The molecule has 1 saturated carbocycles. The summed E-state index contributed by atoms with van der Waals surface area (Å²) in [6, 6.07) is 0. The average molecular weight is 252 g/mol. The van der Waals surface area contributed by atoms with Gasteiger partial charge in [0.1, 0.15) is 6.42 Å². The molecule has 2 atom stereocenters. The predicted molar refractivity (Wildman–Crippen MR) is 58.2 cm³/mol. The number of nitrogens with one attached hydrogen (secondary N) is 1. The number of halogens is 3. The molecule has 1 amide bonds. The van der Waals surface area contributed by atoms with Gasteiger partial charge in [0.05, 0.1) is 0 Å². The maximum atomic E-state index is 11.9. The lowest BCUT2D eigenvalue weighted by Gasteiger charge is -2.30. The predicted octanol–water partition coefficient (Wildman–Crippen LogP) is 1.82. The molecule has 1 aliphatic rings. The maximum absolute atomic E-state index is 11.9. The average Bonchev–Trinajstić information content (AvgIpc) is 2.24. The number of hydrogen-bond acceptors (Lipinski definition) is 2. The summed E-state index contributed by atoms with van der Waals surface area (Å²) in [6.07, 6.45) is -1.69. The largest absolute Gasteiger partial charge is 0.397 e.